The minimum absolute atomic E-state index is 0.00784. The predicted molar refractivity (Wildman–Crippen MR) is 123 cm³/mol. The molecule has 1 saturated carbocycles. The number of carbonyl (C=O) groups is 3. The minimum atomic E-state index is -0.934. The van der Waals surface area contributed by atoms with Crippen molar-refractivity contribution in [2.45, 2.75) is 24.9 Å². The van der Waals surface area contributed by atoms with Gasteiger partial charge in [-0.3, -0.25) is 9.59 Å². The van der Waals surface area contributed by atoms with Crippen LogP contribution < -0.4 is 5.32 Å². The Bertz CT molecular complexity index is 1060. The van der Waals surface area contributed by atoms with E-state index in [0.717, 1.165) is 11.1 Å². The first-order valence-electron chi connectivity index (χ1n) is 11.7. The Morgan fingerprint density at radius 2 is 1.74 bits per heavy atom. The topological polar surface area (TPSA) is 105 Å². The number of hydrogen-bond acceptors (Lipinski definition) is 5. The normalized spacial score (nSPS) is 23.1. The van der Waals surface area contributed by atoms with Crippen LogP contribution >= 0.6 is 0 Å². The summed E-state index contributed by atoms with van der Waals surface area (Å²) in [6, 6.07) is 16.4. The molecule has 2 aromatic carbocycles. The van der Waals surface area contributed by atoms with Crippen molar-refractivity contribution in [3.63, 3.8) is 0 Å². The number of ether oxygens (including phenoxy) is 2. The van der Waals surface area contributed by atoms with Crippen molar-refractivity contribution in [2.75, 3.05) is 32.8 Å². The maximum absolute atomic E-state index is 12.8. The number of benzene rings is 2. The van der Waals surface area contributed by atoms with Crippen LogP contribution in [0.1, 0.15) is 29.9 Å². The molecule has 2 N–H and O–H groups in total. The van der Waals surface area contributed by atoms with Crippen LogP contribution in [0.2, 0.25) is 0 Å². The van der Waals surface area contributed by atoms with Crippen molar-refractivity contribution in [1.82, 2.24) is 10.2 Å². The lowest BCUT2D eigenvalue weighted by Gasteiger charge is -2.32. The number of morpholine rings is 1. The van der Waals surface area contributed by atoms with Gasteiger partial charge in [0.25, 0.3) is 0 Å². The number of carbonyl (C=O) groups excluding carboxylic acids is 2. The highest BCUT2D eigenvalue weighted by atomic mass is 16.5. The van der Waals surface area contributed by atoms with Gasteiger partial charge in [-0.05, 0) is 34.6 Å². The molecule has 0 radical (unpaired) electrons. The zero-order chi connectivity index (χ0) is 23.7. The molecule has 34 heavy (non-hydrogen) atoms. The molecule has 0 bridgehead atoms. The summed E-state index contributed by atoms with van der Waals surface area (Å²) in [7, 11) is 0. The Balaban J connectivity index is 1.09. The second-order valence-corrected chi connectivity index (χ2v) is 9.18. The summed E-state index contributed by atoms with van der Waals surface area (Å²) >= 11 is 0. The molecular formula is C26H28N2O6. The standard InChI is InChI=1S/C26H28N2O6/c29-24(30)12-17-14-28(9-10-33-17)25(31)22-11-16(22)13-27-26(32)34-15-23-20-7-3-1-5-18(20)19-6-2-4-8-21(19)23/h1-8,16-17,22-23H,9-15H2,(H,27,32)(H,29,30)/t16-,17?,22-/m0/s1. The third-order valence-corrected chi connectivity index (χ3v) is 6.94. The van der Waals surface area contributed by atoms with Crippen molar-refractivity contribution in [2.24, 2.45) is 11.8 Å². The lowest BCUT2D eigenvalue weighted by Crippen LogP contribution is -2.47. The Hall–Kier alpha value is -3.39. The number of nitrogens with zero attached hydrogens (tertiary/aromatic N) is 1. The van der Waals surface area contributed by atoms with Gasteiger partial charge in [0.15, 0.2) is 0 Å². The van der Waals surface area contributed by atoms with Crippen molar-refractivity contribution in [3.05, 3.63) is 59.7 Å². The summed E-state index contributed by atoms with van der Waals surface area (Å²) in [6.45, 7) is 1.76. The van der Waals surface area contributed by atoms with E-state index >= 15 is 0 Å². The average molecular weight is 465 g/mol. The van der Waals surface area contributed by atoms with E-state index in [1.54, 1.807) is 4.90 Å². The fourth-order valence-corrected chi connectivity index (χ4v) is 5.11. The Labute approximate surface area is 197 Å². The monoisotopic (exact) mass is 464 g/mol. The van der Waals surface area contributed by atoms with Crippen molar-refractivity contribution < 1.29 is 29.0 Å². The molecule has 1 saturated heterocycles. The molecule has 178 valence electrons. The van der Waals surface area contributed by atoms with Crippen LogP contribution in [-0.4, -0.2) is 66.9 Å². The molecule has 1 aliphatic heterocycles. The van der Waals surface area contributed by atoms with Crippen molar-refractivity contribution >= 4 is 18.0 Å². The van der Waals surface area contributed by atoms with Crippen LogP contribution in [0.25, 0.3) is 11.1 Å². The number of aliphatic carboxylic acids is 1. The third kappa shape index (κ3) is 4.63. The van der Waals surface area contributed by atoms with Gasteiger partial charge >= 0.3 is 12.1 Å². The molecule has 8 nitrogen and oxygen atoms in total. The largest absolute Gasteiger partial charge is 0.481 e. The zero-order valence-corrected chi connectivity index (χ0v) is 18.8. The summed E-state index contributed by atoms with van der Waals surface area (Å²) < 4.78 is 11.0. The fraction of sp³-hybridized carbons (Fsp3) is 0.423. The molecule has 1 unspecified atom stereocenters. The highest BCUT2D eigenvalue weighted by molar-refractivity contribution is 5.82. The molecule has 2 amide bonds. The number of carboxylic acid groups (broad SMARTS) is 1. The smallest absolute Gasteiger partial charge is 0.407 e. The van der Waals surface area contributed by atoms with E-state index in [9.17, 15) is 14.4 Å². The second kappa shape index (κ2) is 9.46. The van der Waals surface area contributed by atoms with E-state index < -0.39 is 18.2 Å². The highest BCUT2D eigenvalue weighted by Gasteiger charge is 2.45. The molecule has 3 atom stereocenters. The molecule has 2 aliphatic carbocycles. The number of alkyl carbamates (subject to hydrolysis) is 1. The van der Waals surface area contributed by atoms with Crippen LogP contribution in [-0.2, 0) is 19.1 Å². The molecule has 5 rings (SSSR count). The maximum Gasteiger partial charge on any atom is 0.407 e. The van der Waals surface area contributed by atoms with Gasteiger partial charge < -0.3 is 24.8 Å². The number of fused-ring (bicyclic) bond motifs is 3. The van der Waals surface area contributed by atoms with Gasteiger partial charge in [-0.15, -0.1) is 0 Å². The highest BCUT2D eigenvalue weighted by Crippen LogP contribution is 2.44. The molecule has 2 aromatic rings. The summed E-state index contributed by atoms with van der Waals surface area (Å²) in [6.07, 6.45) is -0.343. The van der Waals surface area contributed by atoms with Crippen molar-refractivity contribution in [1.29, 1.82) is 0 Å². The number of amides is 2. The van der Waals surface area contributed by atoms with Gasteiger partial charge in [0.1, 0.15) is 6.61 Å². The van der Waals surface area contributed by atoms with Gasteiger partial charge in [-0.2, -0.15) is 0 Å². The quantitative estimate of drug-likeness (QED) is 0.653. The zero-order valence-electron chi connectivity index (χ0n) is 18.8. The van der Waals surface area contributed by atoms with Crippen LogP contribution in [0.4, 0.5) is 4.79 Å². The van der Waals surface area contributed by atoms with E-state index in [1.165, 1.54) is 11.1 Å². The third-order valence-electron chi connectivity index (χ3n) is 6.94. The first-order valence-corrected chi connectivity index (χ1v) is 11.7. The molecule has 1 heterocycles. The minimum Gasteiger partial charge on any atom is -0.481 e. The average Bonchev–Trinajstić information content (AvgIpc) is 3.55. The lowest BCUT2D eigenvalue weighted by molar-refractivity contribution is -0.148. The van der Waals surface area contributed by atoms with Crippen LogP contribution in [0.3, 0.4) is 0 Å². The Kier molecular flexibility index (Phi) is 6.24. The number of carboxylic acids is 1. The number of hydrogen-bond donors (Lipinski definition) is 2. The van der Waals surface area contributed by atoms with Gasteiger partial charge in [0.2, 0.25) is 5.91 Å². The summed E-state index contributed by atoms with van der Waals surface area (Å²) in [5.74, 6) is -0.978. The first kappa shape index (κ1) is 22.4. The van der Waals surface area contributed by atoms with E-state index in [-0.39, 0.29) is 36.7 Å². The van der Waals surface area contributed by atoms with E-state index in [0.29, 0.717) is 32.7 Å². The van der Waals surface area contributed by atoms with E-state index in [1.807, 2.05) is 24.3 Å². The van der Waals surface area contributed by atoms with Crippen LogP contribution in [0, 0.1) is 11.8 Å². The first-order chi connectivity index (χ1) is 16.5. The Morgan fingerprint density at radius 1 is 1.06 bits per heavy atom. The molecule has 0 spiro atoms. The lowest BCUT2D eigenvalue weighted by atomic mass is 9.98. The van der Waals surface area contributed by atoms with Gasteiger partial charge in [0, 0.05) is 31.5 Å². The summed E-state index contributed by atoms with van der Waals surface area (Å²) in [4.78, 5) is 37.7. The van der Waals surface area contributed by atoms with Crippen LogP contribution in [0.5, 0.6) is 0 Å². The van der Waals surface area contributed by atoms with Crippen LogP contribution in [0.15, 0.2) is 48.5 Å². The molecule has 3 aliphatic rings. The summed E-state index contributed by atoms with van der Waals surface area (Å²) in [5.41, 5.74) is 4.69. The van der Waals surface area contributed by atoms with Gasteiger partial charge in [-0.25, -0.2) is 4.79 Å². The fourth-order valence-electron chi connectivity index (χ4n) is 5.11. The van der Waals surface area contributed by atoms with E-state index in [4.69, 9.17) is 14.6 Å². The second-order valence-electron chi connectivity index (χ2n) is 9.18. The van der Waals surface area contributed by atoms with Gasteiger partial charge in [-0.1, -0.05) is 48.5 Å². The SMILES string of the molecule is O=C(O)CC1CN(C(=O)[C@H]2C[C@H]2CNC(=O)OCC2c3ccccc3-c3ccccc32)CCO1. The molecule has 8 heteroatoms. The summed E-state index contributed by atoms with van der Waals surface area (Å²) in [5, 5.41) is 11.8. The Morgan fingerprint density at radius 3 is 2.41 bits per heavy atom. The molecule has 0 aromatic heterocycles. The number of rotatable bonds is 7. The van der Waals surface area contributed by atoms with E-state index in [2.05, 4.69) is 29.6 Å². The maximum atomic E-state index is 12.8. The van der Waals surface area contributed by atoms with Gasteiger partial charge in [0.05, 0.1) is 19.1 Å². The molecule has 2 fully saturated rings. The van der Waals surface area contributed by atoms with Crippen molar-refractivity contribution in [3.8, 4) is 11.1 Å². The predicted octanol–water partition coefficient (Wildman–Crippen LogP) is 2.86. The molecular weight excluding hydrogens is 436 g/mol. The number of nitrogens with one attached hydrogen (secondary N) is 1.